The monoisotopic (exact) mass is 519 g/mol. The van der Waals surface area contributed by atoms with Gasteiger partial charge in [0, 0.05) is 48.8 Å². The number of H-pyrrole nitrogens is 1. The molecule has 0 bridgehead atoms. The number of imidazole rings is 1. The zero-order chi connectivity index (χ0) is 25.3. The highest BCUT2D eigenvalue weighted by atomic mass is 32.2. The molecule has 2 saturated heterocycles. The molecule has 0 atom stereocenters. The van der Waals surface area contributed by atoms with Crippen LogP contribution in [0.25, 0.3) is 11.0 Å². The summed E-state index contributed by atoms with van der Waals surface area (Å²) in [4.78, 5) is 32.4. The number of fused-ring (bicyclic) bond motifs is 1. The third-order valence-electron chi connectivity index (χ3n) is 7.08. The quantitative estimate of drug-likeness (QED) is 0.461. The van der Waals surface area contributed by atoms with Crippen molar-refractivity contribution in [2.24, 2.45) is 0 Å². The number of urea groups is 1. The third kappa shape index (κ3) is 5.57. The Morgan fingerprint density at radius 2 is 1.64 bits per heavy atom. The molecule has 2 amide bonds. The topological polar surface area (TPSA) is 73.4 Å². The van der Waals surface area contributed by atoms with E-state index in [1.54, 1.807) is 11.0 Å². The number of rotatable bonds is 4. The minimum atomic E-state index is -4.37. The summed E-state index contributed by atoms with van der Waals surface area (Å²) < 4.78 is 39.8. The van der Waals surface area contributed by atoms with Gasteiger partial charge in [-0.25, -0.2) is 9.59 Å². The average molecular weight is 520 g/mol. The zero-order valence-corrected chi connectivity index (χ0v) is 20.4. The fraction of sp³-hybridized carbons (Fsp3) is 0.440. The summed E-state index contributed by atoms with van der Waals surface area (Å²) in [6, 6.07) is 13.8. The lowest BCUT2D eigenvalue weighted by Gasteiger charge is -2.41. The van der Waals surface area contributed by atoms with Crippen molar-refractivity contribution in [1.29, 1.82) is 0 Å². The van der Waals surface area contributed by atoms with Crippen LogP contribution in [0.5, 0.6) is 0 Å². The van der Waals surface area contributed by atoms with E-state index in [9.17, 15) is 22.8 Å². The molecule has 36 heavy (non-hydrogen) atoms. The molecule has 2 aliphatic heterocycles. The number of hydrogen-bond acceptors (Lipinski definition) is 4. The molecule has 0 radical (unpaired) electrons. The number of nitrogens with zero attached hydrogens (tertiary/aromatic N) is 3. The van der Waals surface area contributed by atoms with Gasteiger partial charge in [-0.05, 0) is 67.8 Å². The van der Waals surface area contributed by atoms with E-state index in [0.29, 0.717) is 24.8 Å². The Balaban J connectivity index is 1.12. The van der Waals surface area contributed by atoms with Crippen molar-refractivity contribution in [3.8, 4) is 0 Å². The maximum Gasteiger partial charge on any atom is 0.446 e. The minimum Gasteiger partial charge on any atom is -0.324 e. The first-order chi connectivity index (χ1) is 17.3. The van der Waals surface area contributed by atoms with E-state index in [1.165, 1.54) is 18.2 Å². The van der Waals surface area contributed by atoms with E-state index in [2.05, 4.69) is 15.2 Å². The molecule has 2 N–H and O–H groups in total. The van der Waals surface area contributed by atoms with Gasteiger partial charge in [-0.3, -0.25) is 4.57 Å². The second kappa shape index (κ2) is 10.2. The van der Waals surface area contributed by atoms with Crippen LogP contribution < -0.4 is 11.0 Å². The van der Waals surface area contributed by atoms with Crippen LogP contribution in [0.15, 0.2) is 58.2 Å². The molecule has 3 aromatic rings. The van der Waals surface area contributed by atoms with Crippen molar-refractivity contribution in [2.45, 2.75) is 48.2 Å². The van der Waals surface area contributed by atoms with Crippen molar-refractivity contribution in [3.63, 3.8) is 0 Å². The maximum absolute atomic E-state index is 12.7. The molecule has 7 nitrogen and oxygen atoms in total. The van der Waals surface area contributed by atoms with Crippen molar-refractivity contribution in [3.05, 3.63) is 59.0 Å². The van der Waals surface area contributed by atoms with Crippen molar-refractivity contribution in [2.75, 3.05) is 31.5 Å². The Labute approximate surface area is 210 Å². The lowest BCUT2D eigenvalue weighted by atomic mass is 9.97. The number of amides is 2. The van der Waals surface area contributed by atoms with E-state index in [-0.39, 0.29) is 34.4 Å². The number of benzene rings is 2. The number of carbonyl (C=O) groups is 1. The summed E-state index contributed by atoms with van der Waals surface area (Å²) in [5, 5.41) is 2.73. The van der Waals surface area contributed by atoms with Crippen LogP contribution in [0, 0.1) is 0 Å². The number of alkyl halides is 3. The molecule has 0 unspecified atom stereocenters. The van der Waals surface area contributed by atoms with Crippen LogP contribution in [-0.4, -0.2) is 63.1 Å². The first-order valence-electron chi connectivity index (χ1n) is 12.1. The highest BCUT2D eigenvalue weighted by Crippen LogP contribution is 2.37. The van der Waals surface area contributed by atoms with Gasteiger partial charge in [-0.1, -0.05) is 18.2 Å². The van der Waals surface area contributed by atoms with Gasteiger partial charge in [-0.2, -0.15) is 13.2 Å². The molecule has 192 valence electrons. The number of aromatic amines is 1. The summed E-state index contributed by atoms with van der Waals surface area (Å²) in [6.45, 7) is 2.99. The number of halogens is 3. The second-order valence-electron chi connectivity index (χ2n) is 9.31. The van der Waals surface area contributed by atoms with Crippen molar-refractivity contribution >= 4 is 34.5 Å². The number of aromatic nitrogens is 2. The first kappa shape index (κ1) is 24.8. The molecule has 0 spiro atoms. The predicted molar refractivity (Wildman–Crippen MR) is 134 cm³/mol. The van der Waals surface area contributed by atoms with E-state index < -0.39 is 5.51 Å². The van der Waals surface area contributed by atoms with Crippen LogP contribution in [0.2, 0.25) is 0 Å². The van der Waals surface area contributed by atoms with Gasteiger partial charge in [0.15, 0.2) is 0 Å². The SMILES string of the molecule is O=C(Nc1cccc(SC(F)(F)F)c1)N1CCC(N2CCC(n3c(=O)[nH]c4ccccc43)CC2)CC1. The largest absolute Gasteiger partial charge is 0.446 e. The Hall–Kier alpha value is -2.92. The van der Waals surface area contributed by atoms with Gasteiger partial charge in [0.1, 0.15) is 0 Å². The number of thioether (sulfide) groups is 1. The fourth-order valence-electron chi connectivity index (χ4n) is 5.35. The average Bonchev–Trinajstić information content (AvgIpc) is 3.19. The van der Waals surface area contributed by atoms with Crippen LogP contribution in [0.1, 0.15) is 31.7 Å². The molecule has 3 heterocycles. The maximum atomic E-state index is 12.7. The van der Waals surface area contributed by atoms with Crippen LogP contribution >= 0.6 is 11.8 Å². The summed E-state index contributed by atoms with van der Waals surface area (Å²) in [5.41, 5.74) is -2.27. The smallest absolute Gasteiger partial charge is 0.324 e. The van der Waals surface area contributed by atoms with Crippen LogP contribution in [0.3, 0.4) is 0 Å². The Bertz CT molecular complexity index is 1270. The number of carbonyl (C=O) groups excluding carboxylic acids is 1. The Morgan fingerprint density at radius 1 is 0.944 bits per heavy atom. The van der Waals surface area contributed by atoms with Gasteiger partial charge in [0.2, 0.25) is 0 Å². The number of piperidine rings is 2. The Kier molecular flexibility index (Phi) is 7.03. The Morgan fingerprint density at radius 3 is 2.36 bits per heavy atom. The van der Waals surface area contributed by atoms with E-state index in [4.69, 9.17) is 0 Å². The fourth-order valence-corrected chi connectivity index (χ4v) is 5.95. The van der Waals surface area contributed by atoms with Gasteiger partial charge in [0.05, 0.1) is 11.0 Å². The lowest BCUT2D eigenvalue weighted by molar-refractivity contribution is -0.0328. The lowest BCUT2D eigenvalue weighted by Crippen LogP contribution is -2.50. The summed E-state index contributed by atoms with van der Waals surface area (Å²) in [7, 11) is 0. The minimum absolute atomic E-state index is 0.0392. The highest BCUT2D eigenvalue weighted by molar-refractivity contribution is 8.00. The molecule has 11 heteroatoms. The molecule has 2 aromatic carbocycles. The molecule has 1 aromatic heterocycles. The molecule has 0 saturated carbocycles. The molecule has 2 aliphatic rings. The number of hydrogen-bond donors (Lipinski definition) is 2. The van der Waals surface area contributed by atoms with E-state index in [0.717, 1.165) is 49.8 Å². The highest BCUT2D eigenvalue weighted by Gasteiger charge is 2.32. The van der Waals surface area contributed by atoms with Crippen molar-refractivity contribution in [1.82, 2.24) is 19.4 Å². The van der Waals surface area contributed by atoms with Gasteiger partial charge < -0.3 is 20.1 Å². The summed E-state index contributed by atoms with van der Waals surface area (Å²) in [5.74, 6) is 0. The van der Waals surface area contributed by atoms with Gasteiger partial charge in [-0.15, -0.1) is 0 Å². The number of para-hydroxylation sites is 2. The third-order valence-corrected chi connectivity index (χ3v) is 7.80. The predicted octanol–water partition coefficient (Wildman–Crippen LogP) is 5.27. The summed E-state index contributed by atoms with van der Waals surface area (Å²) >= 11 is -0.197. The first-order valence-corrected chi connectivity index (χ1v) is 12.9. The second-order valence-corrected chi connectivity index (χ2v) is 10.4. The van der Waals surface area contributed by atoms with Crippen molar-refractivity contribution < 1.29 is 18.0 Å². The standard InChI is InChI=1S/C25H28F3N5O2S/c26-25(27,28)36-20-5-3-4-17(16-20)29-23(34)32-14-8-18(9-15-32)31-12-10-19(11-13-31)33-22-7-2-1-6-21(22)30-24(33)35/h1-7,16,18-19H,8-15H2,(H,29,34)(H,30,35). The normalized spacial score (nSPS) is 18.6. The van der Waals surface area contributed by atoms with Crippen LogP contribution in [-0.2, 0) is 0 Å². The van der Waals surface area contributed by atoms with Gasteiger partial charge in [0.25, 0.3) is 0 Å². The molecule has 2 fully saturated rings. The van der Waals surface area contributed by atoms with E-state index in [1.807, 2.05) is 28.8 Å². The number of likely N-dealkylation sites (tertiary alicyclic amines) is 2. The summed E-state index contributed by atoms with van der Waals surface area (Å²) in [6.07, 6.45) is 3.48. The van der Waals surface area contributed by atoms with Crippen LogP contribution in [0.4, 0.5) is 23.7 Å². The zero-order valence-electron chi connectivity index (χ0n) is 19.6. The molecular formula is C25H28F3N5O2S. The number of nitrogens with one attached hydrogen (secondary N) is 2. The molecule has 0 aliphatic carbocycles. The molecule has 5 rings (SSSR count). The van der Waals surface area contributed by atoms with E-state index >= 15 is 0 Å². The molecular weight excluding hydrogens is 491 g/mol. The number of anilines is 1. The van der Waals surface area contributed by atoms with Gasteiger partial charge >= 0.3 is 17.2 Å².